The minimum Gasteiger partial charge on any atom is -0.121 e. The van der Waals surface area contributed by atoms with E-state index in [1.165, 1.54) is 36.0 Å². The Balaban J connectivity index is 1.87. The van der Waals surface area contributed by atoms with Crippen LogP contribution in [0, 0.1) is 0 Å². The van der Waals surface area contributed by atoms with Crippen LogP contribution in [0.4, 0.5) is 0 Å². The van der Waals surface area contributed by atoms with Gasteiger partial charge in [0.2, 0.25) is 0 Å². The number of hydrogen-bond acceptors (Lipinski definition) is 0. The van der Waals surface area contributed by atoms with Crippen LogP contribution in [0.1, 0.15) is 37.3 Å². The van der Waals surface area contributed by atoms with Crippen LogP contribution in [0.25, 0.3) is 5.57 Å². The molecule has 0 fully saturated rings. The Kier molecular flexibility index (Phi) is 5.89. The molecule has 20 heavy (non-hydrogen) atoms. The zero-order valence-electron chi connectivity index (χ0n) is 12.2. The van der Waals surface area contributed by atoms with Gasteiger partial charge in [0.05, 0.1) is 0 Å². The van der Waals surface area contributed by atoms with Gasteiger partial charge in [-0.2, -0.15) is 0 Å². The Morgan fingerprint density at radius 3 is 2.20 bits per heavy atom. The first kappa shape index (κ1) is 14.4. The van der Waals surface area contributed by atoms with Crippen molar-refractivity contribution in [2.45, 2.75) is 32.6 Å². The van der Waals surface area contributed by atoms with Crippen LogP contribution >= 0.6 is 0 Å². The minimum atomic E-state index is 1.10. The van der Waals surface area contributed by atoms with E-state index in [2.05, 4.69) is 66.4 Å². The molecule has 0 aliphatic heterocycles. The van der Waals surface area contributed by atoms with Crippen molar-refractivity contribution < 1.29 is 0 Å². The summed E-state index contributed by atoms with van der Waals surface area (Å²) in [5, 5.41) is 0. The third-order valence-electron chi connectivity index (χ3n) is 3.43. The molecule has 0 amide bonds. The molecule has 0 aromatic heterocycles. The smallest absolute Gasteiger partial charge is 0.000856 e. The van der Waals surface area contributed by atoms with Crippen molar-refractivity contribution in [2.75, 3.05) is 0 Å². The maximum absolute atomic E-state index is 3.39. The number of allylic oxidation sites excluding steroid dienone is 1. The topological polar surface area (TPSA) is 0 Å². The van der Waals surface area contributed by atoms with Gasteiger partial charge in [-0.3, -0.25) is 0 Å². The predicted octanol–water partition coefficient (Wildman–Crippen LogP) is 5.66. The molecule has 0 unspecified atom stereocenters. The summed E-state index contributed by atoms with van der Waals surface area (Å²) in [4.78, 5) is 0. The summed E-state index contributed by atoms with van der Waals surface area (Å²) < 4.78 is 0. The van der Waals surface area contributed by atoms with Gasteiger partial charge in [0.1, 0.15) is 0 Å². The molecule has 0 nitrogen and oxygen atoms in total. The highest BCUT2D eigenvalue weighted by Crippen LogP contribution is 2.20. The Labute approximate surface area is 122 Å². The van der Waals surface area contributed by atoms with Crippen LogP contribution in [-0.4, -0.2) is 0 Å². The molecule has 2 aromatic carbocycles. The average Bonchev–Trinajstić information content (AvgIpc) is 2.52. The largest absolute Gasteiger partial charge is 0.121 e. The first-order valence-electron chi connectivity index (χ1n) is 7.39. The second-order valence-corrected chi connectivity index (χ2v) is 4.97. The maximum atomic E-state index is 3.39. The van der Waals surface area contributed by atoms with Gasteiger partial charge in [-0.05, 0) is 49.8 Å². The van der Waals surface area contributed by atoms with E-state index in [1.807, 2.05) is 13.0 Å². The highest BCUT2D eigenvalue weighted by atomic mass is 14.0. The maximum Gasteiger partial charge on any atom is 0.000856 e. The summed E-state index contributed by atoms with van der Waals surface area (Å²) in [5.74, 6) is 0. The molecule has 0 aliphatic carbocycles. The molecule has 2 aromatic rings. The van der Waals surface area contributed by atoms with E-state index in [1.54, 1.807) is 0 Å². The lowest BCUT2D eigenvalue weighted by Gasteiger charge is -2.05. The molecule has 0 heterocycles. The molecular formula is C20H22. The quantitative estimate of drug-likeness (QED) is 0.465. The lowest BCUT2D eigenvalue weighted by molar-refractivity contribution is 0.754. The predicted molar refractivity (Wildman–Crippen MR) is 87.6 cm³/mol. The number of benzene rings is 2. The summed E-state index contributed by atoms with van der Waals surface area (Å²) in [6, 6.07) is 21.3. The summed E-state index contributed by atoms with van der Waals surface area (Å²) >= 11 is 0. The van der Waals surface area contributed by atoms with Crippen LogP contribution in [-0.2, 0) is 6.42 Å². The van der Waals surface area contributed by atoms with Crippen LogP contribution in [0.15, 0.2) is 72.5 Å². The third-order valence-corrected chi connectivity index (χ3v) is 3.43. The molecule has 0 heteroatoms. The van der Waals surface area contributed by atoms with Gasteiger partial charge in [0.25, 0.3) is 0 Å². The van der Waals surface area contributed by atoms with Crippen LogP contribution in [0.3, 0.4) is 0 Å². The standard InChI is InChI=1S/C20H22/c1-2-11-19(20-15-7-4-8-16-20)17-10-9-14-18-12-5-3-6-13-18/h2-8,12-13,15-16H,9-10,14,17H2,1H3. The number of hydrogen-bond donors (Lipinski definition) is 0. The van der Waals surface area contributed by atoms with Crippen LogP contribution in [0.5, 0.6) is 0 Å². The van der Waals surface area contributed by atoms with Crippen molar-refractivity contribution >= 4 is 5.57 Å². The molecule has 0 spiro atoms. The fraction of sp³-hybridized carbons (Fsp3) is 0.250. The Morgan fingerprint density at radius 2 is 1.55 bits per heavy atom. The number of rotatable bonds is 6. The van der Waals surface area contributed by atoms with Crippen molar-refractivity contribution in [3.05, 3.63) is 83.6 Å². The average molecular weight is 262 g/mol. The lowest BCUT2D eigenvalue weighted by Crippen LogP contribution is -1.88. The summed E-state index contributed by atoms with van der Waals surface area (Å²) in [7, 11) is 0. The van der Waals surface area contributed by atoms with Gasteiger partial charge < -0.3 is 0 Å². The number of aryl methyl sites for hydroxylation is 1. The highest BCUT2D eigenvalue weighted by Gasteiger charge is 2.00. The summed E-state index contributed by atoms with van der Waals surface area (Å²) in [5.41, 5.74) is 7.44. The van der Waals surface area contributed by atoms with E-state index in [0.29, 0.717) is 0 Å². The monoisotopic (exact) mass is 262 g/mol. The fourth-order valence-electron chi connectivity index (χ4n) is 2.39. The van der Waals surface area contributed by atoms with E-state index in [9.17, 15) is 0 Å². The highest BCUT2D eigenvalue weighted by molar-refractivity contribution is 5.64. The first-order chi connectivity index (χ1) is 9.90. The lowest BCUT2D eigenvalue weighted by atomic mass is 9.99. The zero-order valence-corrected chi connectivity index (χ0v) is 12.2. The zero-order chi connectivity index (χ0) is 14.0. The van der Waals surface area contributed by atoms with Crippen LogP contribution < -0.4 is 0 Å². The van der Waals surface area contributed by atoms with Gasteiger partial charge in [0.15, 0.2) is 0 Å². The van der Waals surface area contributed by atoms with Crippen molar-refractivity contribution in [1.29, 1.82) is 0 Å². The Hall–Kier alpha value is -2.04. The molecule has 0 atom stereocenters. The van der Waals surface area contributed by atoms with E-state index in [0.717, 1.165) is 6.42 Å². The van der Waals surface area contributed by atoms with E-state index >= 15 is 0 Å². The molecule has 0 saturated heterocycles. The molecule has 0 saturated carbocycles. The van der Waals surface area contributed by atoms with Gasteiger partial charge in [-0.25, -0.2) is 0 Å². The summed E-state index contributed by atoms with van der Waals surface area (Å²) in [6.45, 7) is 2.03. The SMILES string of the molecule is CC=C=C(CCCCc1ccccc1)c1ccccc1. The van der Waals surface area contributed by atoms with Crippen molar-refractivity contribution in [3.63, 3.8) is 0 Å². The molecule has 0 N–H and O–H groups in total. The van der Waals surface area contributed by atoms with Crippen molar-refractivity contribution in [1.82, 2.24) is 0 Å². The van der Waals surface area contributed by atoms with Crippen LogP contribution in [0.2, 0.25) is 0 Å². The molecule has 0 bridgehead atoms. The second kappa shape index (κ2) is 8.19. The Bertz CT molecular complexity index is 558. The van der Waals surface area contributed by atoms with E-state index < -0.39 is 0 Å². The van der Waals surface area contributed by atoms with Gasteiger partial charge in [-0.1, -0.05) is 60.7 Å². The van der Waals surface area contributed by atoms with Crippen molar-refractivity contribution in [3.8, 4) is 0 Å². The first-order valence-corrected chi connectivity index (χ1v) is 7.39. The normalized spacial score (nSPS) is 9.85. The second-order valence-electron chi connectivity index (χ2n) is 4.97. The Morgan fingerprint density at radius 1 is 0.900 bits per heavy atom. The molecular weight excluding hydrogens is 240 g/mol. The fourth-order valence-corrected chi connectivity index (χ4v) is 2.39. The van der Waals surface area contributed by atoms with Crippen molar-refractivity contribution in [2.24, 2.45) is 0 Å². The third kappa shape index (κ3) is 4.57. The molecule has 0 radical (unpaired) electrons. The number of unbranched alkanes of at least 4 members (excludes halogenated alkanes) is 1. The van der Waals surface area contributed by atoms with Gasteiger partial charge in [0, 0.05) is 5.57 Å². The van der Waals surface area contributed by atoms with E-state index in [4.69, 9.17) is 0 Å². The molecule has 2 rings (SSSR count). The van der Waals surface area contributed by atoms with Gasteiger partial charge >= 0.3 is 0 Å². The minimum absolute atomic E-state index is 1.10. The van der Waals surface area contributed by atoms with Gasteiger partial charge in [-0.15, -0.1) is 5.73 Å². The van der Waals surface area contributed by atoms with E-state index in [-0.39, 0.29) is 0 Å². The molecule has 102 valence electrons. The molecule has 0 aliphatic rings. The summed E-state index contributed by atoms with van der Waals surface area (Å²) in [6.07, 6.45) is 6.71.